The van der Waals surface area contributed by atoms with E-state index in [4.69, 9.17) is 5.73 Å². The van der Waals surface area contributed by atoms with Crippen LogP contribution in [-0.2, 0) is 4.79 Å². The number of nitrogens with two attached hydrogens (primary N) is 1. The Morgan fingerprint density at radius 1 is 1.07 bits per heavy atom. The van der Waals surface area contributed by atoms with Gasteiger partial charge in [-0.2, -0.15) is 0 Å². The van der Waals surface area contributed by atoms with Crippen molar-refractivity contribution in [2.75, 3.05) is 6.54 Å². The van der Waals surface area contributed by atoms with Crippen LogP contribution in [0.1, 0.15) is 78.5 Å². The van der Waals surface area contributed by atoms with Crippen LogP contribution in [0.15, 0.2) is 18.2 Å². The van der Waals surface area contributed by atoms with Crippen LogP contribution < -0.4 is 5.73 Å². The Hall–Kier alpha value is -2.37. The van der Waals surface area contributed by atoms with Crippen molar-refractivity contribution >= 4 is 17.6 Å². The summed E-state index contributed by atoms with van der Waals surface area (Å²) >= 11 is 0. The van der Waals surface area contributed by atoms with Gasteiger partial charge in [0.2, 0.25) is 5.91 Å². The fraction of sp³-hybridized carbons (Fsp3) is 0.571. The minimum atomic E-state index is -0.829. The number of rotatable bonds is 6. The molecule has 1 heterocycles. The van der Waals surface area contributed by atoms with Gasteiger partial charge in [-0.15, -0.1) is 0 Å². The zero-order valence-corrected chi connectivity index (χ0v) is 15.7. The Kier molecular flexibility index (Phi) is 6.14. The minimum absolute atomic E-state index is 0.125. The van der Waals surface area contributed by atoms with E-state index in [1.165, 1.54) is 43.9 Å². The lowest BCUT2D eigenvalue weighted by atomic mass is 9.78. The molecule has 3 rings (SSSR count). The molecule has 3 N–H and O–H groups in total. The average Bonchev–Trinajstić information content (AvgIpc) is 2.66. The highest BCUT2D eigenvalue weighted by Crippen LogP contribution is 2.35. The number of primary amides is 1. The minimum Gasteiger partial charge on any atom is -0.507 e. The molecule has 1 aromatic carbocycles. The smallest absolute Gasteiger partial charge is 0.253 e. The van der Waals surface area contributed by atoms with E-state index in [9.17, 15) is 19.5 Å². The highest BCUT2D eigenvalue weighted by molar-refractivity contribution is 6.09. The van der Waals surface area contributed by atoms with E-state index in [-0.39, 0.29) is 35.0 Å². The molecule has 1 saturated heterocycles. The zero-order valence-electron chi connectivity index (χ0n) is 15.7. The lowest BCUT2D eigenvalue weighted by Crippen LogP contribution is -2.49. The molecule has 0 aromatic heterocycles. The average molecular weight is 372 g/mol. The van der Waals surface area contributed by atoms with Gasteiger partial charge in [-0.3, -0.25) is 14.4 Å². The molecule has 2 aliphatic rings. The number of likely N-dealkylation sites (tertiary alicyclic amines) is 1. The number of Topliss-reactive ketones (excluding diaryl/α,β-unsaturated/α-hetero) is 1. The number of hydrogen-bond acceptors (Lipinski definition) is 4. The first-order chi connectivity index (χ1) is 13.0. The molecular weight excluding hydrogens is 344 g/mol. The van der Waals surface area contributed by atoms with Crippen LogP contribution in [0, 0.1) is 5.92 Å². The van der Waals surface area contributed by atoms with Crippen LogP contribution in [-0.4, -0.2) is 40.2 Å². The first-order valence-corrected chi connectivity index (χ1v) is 9.93. The number of carbonyl (C=O) groups is 3. The quantitative estimate of drug-likeness (QED) is 0.750. The standard InChI is InChI=1S/C21H28N2O4/c22-21(27)20-15(8-3-11-18(20)25)17(24)10-4-12-19(26)23-13-5-7-14-6-1-2-9-16(14)23/h3,8,11,14,16,25H,1-2,4-7,9-10,12-13H2,(H2,22,27). The predicted octanol–water partition coefficient (Wildman–Crippen LogP) is 3.03. The normalized spacial score (nSPS) is 22.1. The largest absolute Gasteiger partial charge is 0.507 e. The molecule has 0 radical (unpaired) electrons. The molecule has 2 fully saturated rings. The van der Waals surface area contributed by atoms with E-state index in [0.29, 0.717) is 24.8 Å². The van der Waals surface area contributed by atoms with Crippen molar-refractivity contribution in [3.63, 3.8) is 0 Å². The summed E-state index contributed by atoms with van der Waals surface area (Å²) in [6, 6.07) is 4.71. The second-order valence-corrected chi connectivity index (χ2v) is 7.68. The summed E-state index contributed by atoms with van der Waals surface area (Å²) in [4.78, 5) is 38.7. The molecule has 2 amide bonds. The Bertz CT molecular complexity index is 729. The van der Waals surface area contributed by atoms with Crippen LogP contribution in [0.5, 0.6) is 5.75 Å². The number of fused-ring (bicyclic) bond motifs is 1. The maximum absolute atomic E-state index is 12.7. The van der Waals surface area contributed by atoms with Crippen molar-refractivity contribution in [1.82, 2.24) is 4.90 Å². The van der Waals surface area contributed by atoms with E-state index in [2.05, 4.69) is 0 Å². The van der Waals surface area contributed by atoms with Gasteiger partial charge in [0.1, 0.15) is 5.75 Å². The topological polar surface area (TPSA) is 101 Å². The fourth-order valence-electron chi connectivity index (χ4n) is 4.64. The first-order valence-electron chi connectivity index (χ1n) is 9.93. The van der Waals surface area contributed by atoms with E-state index < -0.39 is 5.91 Å². The van der Waals surface area contributed by atoms with Crippen LogP contribution in [0.25, 0.3) is 0 Å². The number of phenols is 1. The second-order valence-electron chi connectivity index (χ2n) is 7.68. The Labute approximate surface area is 159 Å². The number of amides is 2. The molecule has 1 aliphatic heterocycles. The lowest BCUT2D eigenvalue weighted by molar-refractivity contribution is -0.137. The number of aromatic hydroxyl groups is 1. The number of benzene rings is 1. The third kappa shape index (κ3) is 4.31. The molecule has 1 aromatic rings. The van der Waals surface area contributed by atoms with Gasteiger partial charge < -0.3 is 15.7 Å². The summed E-state index contributed by atoms with van der Waals surface area (Å²) in [5.41, 5.74) is 5.26. The zero-order chi connectivity index (χ0) is 19.4. The molecule has 1 saturated carbocycles. The Morgan fingerprint density at radius 3 is 2.59 bits per heavy atom. The molecule has 6 heteroatoms. The summed E-state index contributed by atoms with van der Waals surface area (Å²) in [5.74, 6) is -0.624. The van der Waals surface area contributed by atoms with Crippen LogP contribution in [0.4, 0.5) is 0 Å². The van der Waals surface area contributed by atoms with E-state index in [1.807, 2.05) is 4.90 Å². The van der Waals surface area contributed by atoms with Crippen molar-refractivity contribution in [2.24, 2.45) is 11.7 Å². The van der Waals surface area contributed by atoms with Gasteiger partial charge in [0, 0.05) is 31.0 Å². The SMILES string of the molecule is NC(=O)c1c(O)cccc1C(=O)CCCC(=O)N1CCCC2CCCCC21. The fourth-order valence-corrected chi connectivity index (χ4v) is 4.64. The molecule has 2 atom stereocenters. The van der Waals surface area contributed by atoms with Gasteiger partial charge in [0.15, 0.2) is 5.78 Å². The van der Waals surface area contributed by atoms with Crippen LogP contribution in [0.2, 0.25) is 0 Å². The summed E-state index contributed by atoms with van der Waals surface area (Å²) in [6.07, 6.45) is 7.98. The van der Waals surface area contributed by atoms with Crippen molar-refractivity contribution in [1.29, 1.82) is 0 Å². The predicted molar refractivity (Wildman–Crippen MR) is 101 cm³/mol. The summed E-state index contributed by atoms with van der Waals surface area (Å²) in [7, 11) is 0. The first kappa shape index (κ1) is 19.4. The Morgan fingerprint density at radius 2 is 1.81 bits per heavy atom. The van der Waals surface area contributed by atoms with Crippen LogP contribution >= 0.6 is 0 Å². The van der Waals surface area contributed by atoms with Crippen molar-refractivity contribution in [3.8, 4) is 5.75 Å². The maximum Gasteiger partial charge on any atom is 0.253 e. The van der Waals surface area contributed by atoms with Crippen molar-refractivity contribution < 1.29 is 19.5 Å². The molecule has 6 nitrogen and oxygen atoms in total. The third-order valence-corrected chi connectivity index (χ3v) is 5.95. The summed E-state index contributed by atoms with van der Waals surface area (Å²) in [6.45, 7) is 0.826. The Balaban J connectivity index is 1.57. The van der Waals surface area contributed by atoms with Gasteiger partial charge in [0.05, 0.1) is 5.56 Å². The summed E-state index contributed by atoms with van der Waals surface area (Å²) in [5, 5.41) is 9.79. The van der Waals surface area contributed by atoms with Crippen LogP contribution in [0.3, 0.4) is 0 Å². The lowest BCUT2D eigenvalue weighted by Gasteiger charge is -2.44. The van der Waals surface area contributed by atoms with E-state index in [1.54, 1.807) is 0 Å². The molecule has 0 spiro atoms. The molecule has 27 heavy (non-hydrogen) atoms. The number of hydrogen-bond donors (Lipinski definition) is 2. The summed E-state index contributed by atoms with van der Waals surface area (Å²) < 4.78 is 0. The molecule has 146 valence electrons. The van der Waals surface area contributed by atoms with E-state index in [0.717, 1.165) is 19.4 Å². The number of nitrogens with zero attached hydrogens (tertiary/aromatic N) is 1. The van der Waals surface area contributed by atoms with E-state index >= 15 is 0 Å². The number of carbonyl (C=O) groups excluding carboxylic acids is 3. The third-order valence-electron chi connectivity index (χ3n) is 5.95. The second kappa shape index (κ2) is 8.55. The highest BCUT2D eigenvalue weighted by Gasteiger charge is 2.35. The maximum atomic E-state index is 12.7. The van der Waals surface area contributed by atoms with Gasteiger partial charge in [0.25, 0.3) is 5.91 Å². The molecule has 2 unspecified atom stereocenters. The van der Waals surface area contributed by atoms with Gasteiger partial charge in [-0.25, -0.2) is 0 Å². The molecule has 0 bridgehead atoms. The molecular formula is C21H28N2O4. The highest BCUT2D eigenvalue weighted by atomic mass is 16.3. The van der Waals surface area contributed by atoms with Crippen molar-refractivity contribution in [2.45, 2.75) is 63.8 Å². The van der Waals surface area contributed by atoms with Gasteiger partial charge in [-0.1, -0.05) is 25.0 Å². The van der Waals surface area contributed by atoms with Gasteiger partial charge in [-0.05, 0) is 44.1 Å². The number of ketones is 1. The van der Waals surface area contributed by atoms with Crippen molar-refractivity contribution in [3.05, 3.63) is 29.3 Å². The van der Waals surface area contributed by atoms with Gasteiger partial charge >= 0.3 is 0 Å². The monoisotopic (exact) mass is 372 g/mol. The number of piperidine rings is 1. The molecule has 1 aliphatic carbocycles.